The minimum Gasteiger partial charge on any atom is -0.355 e. The zero-order chi connectivity index (χ0) is 25.2. The van der Waals surface area contributed by atoms with Gasteiger partial charge in [0, 0.05) is 45.9 Å². The fourth-order valence-electron chi connectivity index (χ4n) is 3.67. The number of rotatable bonds is 11. The van der Waals surface area contributed by atoms with Crippen molar-refractivity contribution in [2.24, 2.45) is 0 Å². The molecule has 0 aromatic heterocycles. The van der Waals surface area contributed by atoms with Gasteiger partial charge in [-0.1, -0.05) is 83.3 Å². The van der Waals surface area contributed by atoms with Crippen LogP contribution in [0.3, 0.4) is 0 Å². The lowest BCUT2D eigenvalue weighted by Gasteiger charge is -2.32. The molecule has 0 spiro atoms. The van der Waals surface area contributed by atoms with E-state index in [0.29, 0.717) is 39.3 Å². The van der Waals surface area contributed by atoms with Gasteiger partial charge in [-0.3, -0.25) is 9.59 Å². The zero-order valence-corrected chi connectivity index (χ0v) is 22.4. The van der Waals surface area contributed by atoms with Crippen molar-refractivity contribution in [3.63, 3.8) is 0 Å². The summed E-state index contributed by atoms with van der Waals surface area (Å²) in [4.78, 5) is 28.4. The third-order valence-electron chi connectivity index (χ3n) is 5.40. The first kappa shape index (κ1) is 27.4. The number of hydrogen-bond acceptors (Lipinski definition) is 3. The van der Waals surface area contributed by atoms with Crippen LogP contribution in [-0.4, -0.2) is 35.1 Å². The van der Waals surface area contributed by atoms with Gasteiger partial charge in [0.05, 0.1) is 5.75 Å². The van der Waals surface area contributed by atoms with Crippen LogP contribution >= 0.6 is 46.6 Å². The maximum absolute atomic E-state index is 13.6. The van der Waals surface area contributed by atoms with Crippen molar-refractivity contribution >= 4 is 58.4 Å². The molecule has 8 heteroatoms. The fraction of sp³-hybridized carbons (Fsp3) is 0.259. The standard InChI is InChI=1S/C27H27Cl3N2O2S/c1-2-31-27(34)25(15-19-8-4-3-5-9-19)32(16-22-23(29)12-7-13-24(22)30)26(33)18-35-17-20-10-6-11-21(28)14-20/h3-14,25H,2,15-18H2,1H3,(H,31,34). The Morgan fingerprint density at radius 1 is 0.914 bits per heavy atom. The first-order valence-electron chi connectivity index (χ1n) is 11.2. The van der Waals surface area contributed by atoms with Crippen LogP contribution in [0, 0.1) is 0 Å². The van der Waals surface area contributed by atoms with Crippen molar-refractivity contribution < 1.29 is 9.59 Å². The summed E-state index contributed by atoms with van der Waals surface area (Å²) in [6, 6.07) is 21.7. The molecule has 1 atom stereocenters. The molecule has 0 saturated heterocycles. The Bertz CT molecular complexity index is 1120. The number of nitrogens with zero attached hydrogens (tertiary/aromatic N) is 1. The molecule has 1 unspecified atom stereocenters. The fourth-order valence-corrected chi connectivity index (χ4v) is 5.25. The predicted octanol–water partition coefficient (Wildman–Crippen LogP) is 6.66. The Morgan fingerprint density at radius 2 is 1.57 bits per heavy atom. The van der Waals surface area contributed by atoms with Gasteiger partial charge in [0.25, 0.3) is 0 Å². The van der Waals surface area contributed by atoms with Gasteiger partial charge in [-0.15, -0.1) is 11.8 Å². The van der Waals surface area contributed by atoms with Crippen molar-refractivity contribution in [2.75, 3.05) is 12.3 Å². The van der Waals surface area contributed by atoms with Gasteiger partial charge in [0.15, 0.2) is 0 Å². The molecule has 184 valence electrons. The highest BCUT2D eigenvalue weighted by Gasteiger charge is 2.31. The molecule has 0 bridgehead atoms. The van der Waals surface area contributed by atoms with Crippen molar-refractivity contribution in [1.29, 1.82) is 0 Å². The lowest BCUT2D eigenvalue weighted by molar-refractivity contribution is -0.139. The molecule has 0 radical (unpaired) electrons. The Morgan fingerprint density at radius 3 is 2.23 bits per heavy atom. The molecule has 0 aliphatic rings. The van der Waals surface area contributed by atoms with E-state index in [1.807, 2.05) is 61.5 Å². The zero-order valence-electron chi connectivity index (χ0n) is 19.3. The second kappa shape index (κ2) is 13.8. The quantitative estimate of drug-likeness (QED) is 0.291. The topological polar surface area (TPSA) is 49.4 Å². The van der Waals surface area contributed by atoms with E-state index in [0.717, 1.165) is 11.1 Å². The average molecular weight is 550 g/mol. The smallest absolute Gasteiger partial charge is 0.243 e. The molecule has 1 N–H and O–H groups in total. The number of likely N-dealkylation sites (N-methyl/N-ethyl adjacent to an activating group) is 1. The molecule has 0 aliphatic heterocycles. The van der Waals surface area contributed by atoms with Crippen molar-refractivity contribution in [1.82, 2.24) is 10.2 Å². The molecule has 2 amide bonds. The number of nitrogens with one attached hydrogen (secondary N) is 1. The van der Waals surface area contributed by atoms with Crippen LogP contribution in [0.2, 0.25) is 15.1 Å². The minimum atomic E-state index is -0.719. The van der Waals surface area contributed by atoms with Crippen LogP contribution in [0.5, 0.6) is 0 Å². The Labute approximate surface area is 225 Å². The maximum Gasteiger partial charge on any atom is 0.243 e. The summed E-state index contributed by atoms with van der Waals surface area (Å²) in [5.74, 6) is 0.435. The summed E-state index contributed by atoms with van der Waals surface area (Å²) in [5.41, 5.74) is 2.60. The van der Waals surface area contributed by atoms with E-state index in [1.165, 1.54) is 11.8 Å². The molecular weight excluding hydrogens is 523 g/mol. The Kier molecular flexibility index (Phi) is 10.8. The van der Waals surface area contributed by atoms with Gasteiger partial charge < -0.3 is 10.2 Å². The average Bonchev–Trinajstić information content (AvgIpc) is 2.83. The lowest BCUT2D eigenvalue weighted by atomic mass is 10.0. The molecule has 0 heterocycles. The van der Waals surface area contributed by atoms with Crippen LogP contribution in [0.1, 0.15) is 23.6 Å². The maximum atomic E-state index is 13.6. The van der Waals surface area contributed by atoms with Crippen LogP contribution in [0.4, 0.5) is 0 Å². The Hall–Kier alpha value is -2.18. The first-order chi connectivity index (χ1) is 16.9. The molecule has 3 rings (SSSR count). The number of carbonyl (C=O) groups is 2. The summed E-state index contributed by atoms with van der Waals surface area (Å²) in [6.45, 7) is 2.45. The van der Waals surface area contributed by atoms with E-state index < -0.39 is 6.04 Å². The van der Waals surface area contributed by atoms with E-state index in [-0.39, 0.29) is 24.1 Å². The van der Waals surface area contributed by atoms with Gasteiger partial charge >= 0.3 is 0 Å². The number of halogens is 3. The lowest BCUT2D eigenvalue weighted by Crippen LogP contribution is -2.51. The van der Waals surface area contributed by atoms with E-state index in [2.05, 4.69) is 5.32 Å². The van der Waals surface area contributed by atoms with Crippen LogP contribution < -0.4 is 5.32 Å². The third kappa shape index (κ3) is 8.18. The van der Waals surface area contributed by atoms with Crippen molar-refractivity contribution in [3.8, 4) is 0 Å². The normalized spacial score (nSPS) is 11.7. The molecule has 35 heavy (non-hydrogen) atoms. The number of amides is 2. The van der Waals surface area contributed by atoms with Gasteiger partial charge in [-0.2, -0.15) is 0 Å². The SMILES string of the molecule is CCNC(=O)C(Cc1ccccc1)N(Cc1c(Cl)cccc1Cl)C(=O)CSCc1cccc(Cl)c1. The molecule has 3 aromatic carbocycles. The Balaban J connectivity index is 1.87. The monoisotopic (exact) mass is 548 g/mol. The second-order valence-corrected chi connectivity index (χ2v) is 10.2. The van der Waals surface area contributed by atoms with E-state index >= 15 is 0 Å². The molecular formula is C27H27Cl3N2O2S. The van der Waals surface area contributed by atoms with E-state index in [1.54, 1.807) is 23.1 Å². The number of benzene rings is 3. The van der Waals surface area contributed by atoms with Crippen LogP contribution in [0.15, 0.2) is 72.8 Å². The summed E-state index contributed by atoms with van der Waals surface area (Å²) in [7, 11) is 0. The van der Waals surface area contributed by atoms with Gasteiger partial charge in [0.2, 0.25) is 11.8 Å². The highest BCUT2D eigenvalue weighted by atomic mass is 35.5. The third-order valence-corrected chi connectivity index (χ3v) is 7.33. The number of carbonyl (C=O) groups excluding carboxylic acids is 2. The van der Waals surface area contributed by atoms with Crippen LogP contribution in [-0.2, 0) is 28.3 Å². The van der Waals surface area contributed by atoms with Gasteiger partial charge in [-0.25, -0.2) is 0 Å². The first-order valence-corrected chi connectivity index (χ1v) is 13.5. The molecule has 0 aliphatic carbocycles. The largest absolute Gasteiger partial charge is 0.355 e. The molecule has 4 nitrogen and oxygen atoms in total. The van der Waals surface area contributed by atoms with E-state index in [9.17, 15) is 9.59 Å². The summed E-state index contributed by atoms with van der Waals surface area (Å²) >= 11 is 20.4. The van der Waals surface area contributed by atoms with E-state index in [4.69, 9.17) is 34.8 Å². The molecule has 3 aromatic rings. The molecule has 0 fully saturated rings. The van der Waals surface area contributed by atoms with Crippen molar-refractivity contribution in [2.45, 2.75) is 31.7 Å². The second-order valence-electron chi connectivity index (χ2n) is 7.94. The summed E-state index contributed by atoms with van der Waals surface area (Å²) < 4.78 is 0. The molecule has 0 saturated carbocycles. The number of thioether (sulfide) groups is 1. The minimum absolute atomic E-state index is 0.129. The highest BCUT2D eigenvalue weighted by molar-refractivity contribution is 7.99. The summed E-state index contributed by atoms with van der Waals surface area (Å²) in [5, 5.41) is 4.45. The van der Waals surface area contributed by atoms with Gasteiger partial charge in [-0.05, 0) is 42.3 Å². The van der Waals surface area contributed by atoms with Crippen LogP contribution in [0.25, 0.3) is 0 Å². The highest BCUT2D eigenvalue weighted by Crippen LogP contribution is 2.28. The summed E-state index contributed by atoms with van der Waals surface area (Å²) in [6.07, 6.45) is 0.374. The number of hydrogen-bond donors (Lipinski definition) is 1. The van der Waals surface area contributed by atoms with Gasteiger partial charge in [0.1, 0.15) is 6.04 Å². The predicted molar refractivity (Wildman–Crippen MR) is 147 cm³/mol. The van der Waals surface area contributed by atoms with Crippen molar-refractivity contribution in [3.05, 3.63) is 105 Å².